The number of anilines is 2. The Kier molecular flexibility index (Phi) is 7.61. The number of carbonyl (C=O) groups is 4. The molecule has 212 valence electrons. The van der Waals surface area contributed by atoms with Crippen molar-refractivity contribution in [2.24, 2.45) is 0 Å². The van der Waals surface area contributed by atoms with Crippen molar-refractivity contribution < 1.29 is 38.1 Å². The molecule has 0 spiro atoms. The van der Waals surface area contributed by atoms with Crippen molar-refractivity contribution in [2.75, 3.05) is 39.1 Å². The van der Waals surface area contributed by atoms with Gasteiger partial charge in [-0.1, -0.05) is 36.4 Å². The third-order valence-corrected chi connectivity index (χ3v) is 6.89. The van der Waals surface area contributed by atoms with Crippen LogP contribution in [0.2, 0.25) is 0 Å². The van der Waals surface area contributed by atoms with Gasteiger partial charge in [-0.25, -0.2) is 0 Å². The van der Waals surface area contributed by atoms with E-state index in [9.17, 15) is 19.2 Å². The molecule has 0 unspecified atom stereocenters. The second kappa shape index (κ2) is 11.5. The monoisotopic (exact) mass is 566 g/mol. The van der Waals surface area contributed by atoms with Crippen molar-refractivity contribution in [2.45, 2.75) is 0 Å². The van der Waals surface area contributed by atoms with Crippen molar-refractivity contribution in [3.63, 3.8) is 0 Å². The van der Waals surface area contributed by atoms with Gasteiger partial charge in [-0.05, 0) is 36.4 Å². The molecule has 1 aliphatic rings. The van der Waals surface area contributed by atoms with E-state index in [0.717, 1.165) is 0 Å². The number of carbonyl (C=O) groups excluding carboxylic acids is 4. The molecule has 0 aliphatic heterocycles. The first-order valence-corrected chi connectivity index (χ1v) is 12.7. The molecule has 0 atom stereocenters. The molecule has 42 heavy (non-hydrogen) atoms. The van der Waals surface area contributed by atoms with Gasteiger partial charge in [0.15, 0.2) is 11.6 Å². The van der Waals surface area contributed by atoms with Gasteiger partial charge < -0.3 is 29.6 Å². The van der Waals surface area contributed by atoms with E-state index in [1.165, 1.54) is 46.6 Å². The van der Waals surface area contributed by atoms with Gasteiger partial charge in [0, 0.05) is 16.7 Å². The molecule has 0 saturated heterocycles. The lowest BCUT2D eigenvalue weighted by atomic mass is 9.82. The summed E-state index contributed by atoms with van der Waals surface area (Å²) in [5, 5.41) is 5.51. The molecule has 5 rings (SSSR count). The number of fused-ring (bicyclic) bond motifs is 2. The molecule has 4 aromatic rings. The van der Waals surface area contributed by atoms with Crippen molar-refractivity contribution in [3.05, 3.63) is 106 Å². The first-order valence-electron chi connectivity index (χ1n) is 12.7. The molecule has 10 heteroatoms. The van der Waals surface area contributed by atoms with Crippen molar-refractivity contribution in [1.82, 2.24) is 0 Å². The third kappa shape index (κ3) is 4.68. The van der Waals surface area contributed by atoms with E-state index in [1.54, 1.807) is 54.6 Å². The molecule has 0 aromatic heterocycles. The van der Waals surface area contributed by atoms with Crippen LogP contribution in [0.3, 0.4) is 0 Å². The highest BCUT2D eigenvalue weighted by molar-refractivity contribution is 6.32. The van der Waals surface area contributed by atoms with Crippen LogP contribution in [0.5, 0.6) is 23.0 Å². The maximum absolute atomic E-state index is 13.8. The molecular weight excluding hydrogens is 540 g/mol. The lowest BCUT2D eigenvalue weighted by molar-refractivity contribution is 0.0978. The Morgan fingerprint density at radius 2 is 0.976 bits per heavy atom. The van der Waals surface area contributed by atoms with Crippen molar-refractivity contribution in [1.29, 1.82) is 0 Å². The Morgan fingerprint density at radius 3 is 1.45 bits per heavy atom. The first-order chi connectivity index (χ1) is 20.3. The minimum Gasteiger partial charge on any atom is -0.496 e. The molecule has 1 aliphatic carbocycles. The van der Waals surface area contributed by atoms with Crippen LogP contribution in [0.1, 0.15) is 52.6 Å². The second-order valence-electron chi connectivity index (χ2n) is 9.10. The molecule has 4 aromatic carbocycles. The number of amides is 2. The summed E-state index contributed by atoms with van der Waals surface area (Å²) in [6, 6.07) is 19.0. The molecule has 2 N–H and O–H groups in total. The highest BCUT2D eigenvalue weighted by Crippen LogP contribution is 2.39. The van der Waals surface area contributed by atoms with Gasteiger partial charge in [0.2, 0.25) is 0 Å². The maximum atomic E-state index is 13.8. The molecule has 0 fully saturated rings. The molecule has 10 nitrogen and oxygen atoms in total. The summed E-state index contributed by atoms with van der Waals surface area (Å²) < 4.78 is 21.5. The van der Waals surface area contributed by atoms with E-state index in [1.807, 2.05) is 0 Å². The summed E-state index contributed by atoms with van der Waals surface area (Å²) in [6.45, 7) is 0. The minimum absolute atomic E-state index is 0.0544. The van der Waals surface area contributed by atoms with Gasteiger partial charge in [-0.2, -0.15) is 0 Å². The average molecular weight is 567 g/mol. The number of ketones is 2. The Labute approximate surface area is 241 Å². The number of ether oxygens (including phenoxy) is 4. The van der Waals surface area contributed by atoms with Gasteiger partial charge in [0.1, 0.15) is 34.1 Å². The number of hydrogen-bond donors (Lipinski definition) is 2. The standard InChI is InChI=1S/C32H26N2O8/c1-39-21-11-7-12-22(40-2)26(21)31(37)33-20-16-15-19-25(30(36)18-10-6-5-9-17(18)29(19)35)28(20)34-32(38)27-23(41-3)13-8-14-24(27)42-4/h5-16H,1-4H3,(H,33,37)(H,34,38). The molecule has 0 bridgehead atoms. The predicted octanol–water partition coefficient (Wildman–Crippen LogP) is 5.00. The van der Waals surface area contributed by atoms with E-state index in [4.69, 9.17) is 18.9 Å². The molecule has 0 heterocycles. The molecule has 0 radical (unpaired) electrons. The first kappa shape index (κ1) is 27.9. The zero-order chi connectivity index (χ0) is 30.0. The number of methoxy groups -OCH3 is 4. The molecule has 0 saturated carbocycles. The Morgan fingerprint density at radius 1 is 0.524 bits per heavy atom. The van der Waals surface area contributed by atoms with Crippen LogP contribution >= 0.6 is 0 Å². The van der Waals surface area contributed by atoms with Crippen molar-refractivity contribution in [3.8, 4) is 23.0 Å². The lowest BCUT2D eigenvalue weighted by Gasteiger charge is -2.23. The highest BCUT2D eigenvalue weighted by Gasteiger charge is 2.34. The summed E-state index contributed by atoms with van der Waals surface area (Å²) in [6.07, 6.45) is 0. The summed E-state index contributed by atoms with van der Waals surface area (Å²) in [4.78, 5) is 54.7. The Hall–Kier alpha value is -5.64. The second-order valence-corrected chi connectivity index (χ2v) is 9.10. The van der Waals surface area contributed by atoms with Crippen LogP contribution in [0.15, 0.2) is 72.8 Å². The van der Waals surface area contributed by atoms with Gasteiger partial charge in [0.05, 0.1) is 45.4 Å². The summed E-state index contributed by atoms with van der Waals surface area (Å²) in [7, 11) is 5.64. The molecule has 2 amide bonds. The van der Waals surface area contributed by atoms with E-state index < -0.39 is 23.4 Å². The quantitative estimate of drug-likeness (QED) is 0.269. The van der Waals surface area contributed by atoms with Crippen LogP contribution in [-0.2, 0) is 0 Å². The Bertz CT molecular complexity index is 1720. The number of rotatable bonds is 8. The van der Waals surface area contributed by atoms with Crippen LogP contribution in [0.25, 0.3) is 0 Å². The van der Waals surface area contributed by atoms with Gasteiger partial charge in [-0.3, -0.25) is 19.2 Å². The van der Waals surface area contributed by atoms with Crippen LogP contribution in [0.4, 0.5) is 11.4 Å². The van der Waals surface area contributed by atoms with Gasteiger partial charge in [-0.15, -0.1) is 0 Å². The van der Waals surface area contributed by atoms with Crippen LogP contribution in [0, 0.1) is 0 Å². The SMILES string of the molecule is COc1cccc(OC)c1C(=O)Nc1ccc2c(c1NC(=O)c1c(OC)cccc1OC)C(=O)c1ccccc1C2=O. The smallest absolute Gasteiger partial charge is 0.263 e. The predicted molar refractivity (Wildman–Crippen MR) is 155 cm³/mol. The normalized spacial score (nSPS) is 11.6. The van der Waals surface area contributed by atoms with E-state index in [0.29, 0.717) is 0 Å². The fourth-order valence-electron chi connectivity index (χ4n) is 4.93. The van der Waals surface area contributed by atoms with Crippen LogP contribution < -0.4 is 29.6 Å². The zero-order valence-electron chi connectivity index (χ0n) is 23.2. The highest BCUT2D eigenvalue weighted by atomic mass is 16.5. The fourth-order valence-corrected chi connectivity index (χ4v) is 4.93. The Balaban J connectivity index is 1.68. The number of hydrogen-bond acceptors (Lipinski definition) is 8. The van der Waals surface area contributed by atoms with Crippen molar-refractivity contribution >= 4 is 34.8 Å². The van der Waals surface area contributed by atoms with E-state index in [-0.39, 0.29) is 67.8 Å². The summed E-state index contributed by atoms with van der Waals surface area (Å²) in [5.41, 5.74) is 0.578. The fraction of sp³-hybridized carbons (Fsp3) is 0.125. The number of benzene rings is 4. The topological polar surface area (TPSA) is 129 Å². The summed E-state index contributed by atoms with van der Waals surface area (Å²) in [5.74, 6) is -1.29. The van der Waals surface area contributed by atoms with E-state index in [2.05, 4.69) is 10.6 Å². The minimum atomic E-state index is -0.692. The third-order valence-electron chi connectivity index (χ3n) is 6.89. The average Bonchev–Trinajstić information content (AvgIpc) is 3.03. The van der Waals surface area contributed by atoms with E-state index >= 15 is 0 Å². The van der Waals surface area contributed by atoms with Crippen LogP contribution in [-0.4, -0.2) is 51.8 Å². The maximum Gasteiger partial charge on any atom is 0.263 e. The molecular formula is C32H26N2O8. The summed E-state index contributed by atoms with van der Waals surface area (Å²) >= 11 is 0. The van der Waals surface area contributed by atoms with Gasteiger partial charge >= 0.3 is 0 Å². The zero-order valence-corrected chi connectivity index (χ0v) is 23.2. The lowest BCUT2D eigenvalue weighted by Crippen LogP contribution is -2.26. The van der Waals surface area contributed by atoms with Gasteiger partial charge in [0.25, 0.3) is 11.8 Å². The number of nitrogens with one attached hydrogen (secondary N) is 2. The largest absolute Gasteiger partial charge is 0.496 e.